The van der Waals surface area contributed by atoms with E-state index in [1.807, 2.05) is 19.1 Å². The zero-order valence-corrected chi connectivity index (χ0v) is 15.6. The Bertz CT molecular complexity index is 886. The van der Waals surface area contributed by atoms with Gasteiger partial charge in [0.25, 0.3) is 5.91 Å². The highest BCUT2D eigenvalue weighted by atomic mass is 16.5. The molecule has 0 atom stereocenters. The van der Waals surface area contributed by atoms with E-state index < -0.39 is 0 Å². The van der Waals surface area contributed by atoms with Crippen molar-refractivity contribution >= 4 is 5.91 Å². The minimum atomic E-state index is -0.176. The lowest BCUT2D eigenvalue weighted by atomic mass is 10.1. The number of hydrogen-bond donors (Lipinski definition) is 0. The van der Waals surface area contributed by atoms with Gasteiger partial charge in [0.2, 0.25) is 0 Å². The molecule has 0 radical (unpaired) electrons. The molecule has 0 aliphatic rings. The van der Waals surface area contributed by atoms with Gasteiger partial charge in [-0.25, -0.2) is 0 Å². The van der Waals surface area contributed by atoms with Gasteiger partial charge in [0.05, 0.1) is 32.6 Å². The summed E-state index contributed by atoms with van der Waals surface area (Å²) in [4.78, 5) is 14.3. The van der Waals surface area contributed by atoms with Crippen molar-refractivity contribution in [1.82, 2.24) is 10.1 Å². The van der Waals surface area contributed by atoms with Crippen LogP contribution < -0.4 is 9.47 Å². The van der Waals surface area contributed by atoms with Gasteiger partial charge < -0.3 is 23.3 Å². The summed E-state index contributed by atoms with van der Waals surface area (Å²) in [6, 6.07) is 10.6. The molecule has 0 fully saturated rings. The first-order chi connectivity index (χ1) is 13.2. The number of carbonyl (C=O) groups is 1. The molecule has 2 aromatic heterocycles. The number of amides is 1. The van der Waals surface area contributed by atoms with E-state index in [1.54, 1.807) is 43.4 Å². The molecule has 27 heavy (non-hydrogen) atoms. The molecular formula is C20H22N2O5. The fourth-order valence-electron chi connectivity index (χ4n) is 2.79. The topological polar surface area (TPSA) is 77.9 Å². The predicted molar refractivity (Wildman–Crippen MR) is 98.8 cm³/mol. The number of benzene rings is 1. The molecule has 0 spiro atoms. The van der Waals surface area contributed by atoms with Gasteiger partial charge in [-0.15, -0.1) is 0 Å². The molecule has 142 valence electrons. The summed E-state index contributed by atoms with van der Waals surface area (Å²) < 4.78 is 21.4. The summed E-state index contributed by atoms with van der Waals surface area (Å²) in [6.45, 7) is 2.92. The van der Waals surface area contributed by atoms with Gasteiger partial charge in [-0.05, 0) is 36.8 Å². The van der Waals surface area contributed by atoms with Crippen molar-refractivity contribution in [3.05, 3.63) is 54.1 Å². The average Bonchev–Trinajstić information content (AvgIpc) is 3.38. The fraction of sp³-hybridized carbons (Fsp3) is 0.300. The van der Waals surface area contributed by atoms with Crippen LogP contribution in [0.25, 0.3) is 11.3 Å². The van der Waals surface area contributed by atoms with Gasteiger partial charge >= 0.3 is 0 Å². The van der Waals surface area contributed by atoms with Crippen LogP contribution in [0.5, 0.6) is 11.5 Å². The predicted octanol–water partition coefficient (Wildman–Crippen LogP) is 4.00. The van der Waals surface area contributed by atoms with Crippen LogP contribution >= 0.6 is 0 Å². The highest BCUT2D eigenvalue weighted by molar-refractivity contribution is 5.91. The van der Waals surface area contributed by atoms with Crippen molar-refractivity contribution in [3.8, 4) is 22.8 Å². The number of furan rings is 1. The Morgan fingerprint density at radius 3 is 2.70 bits per heavy atom. The van der Waals surface area contributed by atoms with E-state index in [1.165, 1.54) is 6.26 Å². The van der Waals surface area contributed by atoms with Crippen LogP contribution in [-0.2, 0) is 6.54 Å². The third-order valence-corrected chi connectivity index (χ3v) is 4.10. The maximum atomic E-state index is 12.6. The maximum absolute atomic E-state index is 12.6. The van der Waals surface area contributed by atoms with Crippen LogP contribution in [0, 0.1) is 0 Å². The molecule has 7 nitrogen and oxygen atoms in total. The third kappa shape index (κ3) is 4.13. The molecular weight excluding hydrogens is 348 g/mol. The van der Waals surface area contributed by atoms with Crippen LogP contribution in [0.4, 0.5) is 0 Å². The van der Waals surface area contributed by atoms with Gasteiger partial charge in [0.1, 0.15) is 17.2 Å². The molecule has 3 aromatic rings. The molecule has 1 aromatic carbocycles. The monoisotopic (exact) mass is 370 g/mol. The summed E-state index contributed by atoms with van der Waals surface area (Å²) in [7, 11) is 3.19. The Labute approximate surface area is 157 Å². The van der Waals surface area contributed by atoms with E-state index in [9.17, 15) is 4.79 Å². The number of nitrogens with zero attached hydrogens (tertiary/aromatic N) is 2. The summed E-state index contributed by atoms with van der Waals surface area (Å²) >= 11 is 0. The third-order valence-electron chi connectivity index (χ3n) is 4.10. The number of carbonyl (C=O) groups excluding carboxylic acids is 1. The largest absolute Gasteiger partial charge is 0.497 e. The van der Waals surface area contributed by atoms with E-state index in [4.69, 9.17) is 18.4 Å². The van der Waals surface area contributed by atoms with Gasteiger partial charge in [-0.3, -0.25) is 4.79 Å². The molecule has 0 saturated heterocycles. The number of hydrogen-bond acceptors (Lipinski definition) is 6. The van der Waals surface area contributed by atoms with Crippen LogP contribution in [0.1, 0.15) is 29.6 Å². The van der Waals surface area contributed by atoms with Crippen molar-refractivity contribution in [2.45, 2.75) is 19.9 Å². The van der Waals surface area contributed by atoms with Crippen molar-refractivity contribution in [2.24, 2.45) is 0 Å². The normalized spacial score (nSPS) is 10.6. The summed E-state index contributed by atoms with van der Waals surface area (Å²) in [6.07, 6.45) is 2.31. The fourth-order valence-corrected chi connectivity index (χ4v) is 2.79. The summed E-state index contributed by atoms with van der Waals surface area (Å²) in [5, 5.41) is 4.11. The summed E-state index contributed by atoms with van der Waals surface area (Å²) in [5.74, 6) is 2.01. The number of methoxy groups -OCH3 is 2. The highest BCUT2D eigenvalue weighted by Gasteiger charge is 2.20. The first-order valence-corrected chi connectivity index (χ1v) is 8.67. The summed E-state index contributed by atoms with van der Waals surface area (Å²) in [5.41, 5.74) is 1.37. The first-order valence-electron chi connectivity index (χ1n) is 8.67. The second kappa shape index (κ2) is 8.44. The molecule has 0 unspecified atom stereocenters. The molecule has 0 N–H and O–H groups in total. The number of ether oxygens (including phenoxy) is 2. The van der Waals surface area contributed by atoms with Crippen LogP contribution in [0.15, 0.2) is 51.6 Å². The second-order valence-electron chi connectivity index (χ2n) is 5.95. The lowest BCUT2D eigenvalue weighted by Gasteiger charge is -2.19. The van der Waals surface area contributed by atoms with E-state index in [0.717, 1.165) is 12.0 Å². The standard InChI is InChI=1S/C20H22N2O5/c1-4-9-22(20(23)18-6-5-10-26-18)13-14-11-19(27-21-14)16-12-15(24-2)7-8-17(16)25-3/h5-8,10-12H,4,9,13H2,1-3H3. The van der Waals surface area contributed by atoms with Crippen LogP contribution in [-0.4, -0.2) is 36.7 Å². The minimum absolute atomic E-state index is 0.176. The second-order valence-corrected chi connectivity index (χ2v) is 5.95. The Morgan fingerprint density at radius 1 is 1.19 bits per heavy atom. The Balaban J connectivity index is 1.83. The molecule has 2 heterocycles. The van der Waals surface area contributed by atoms with Gasteiger partial charge in [-0.1, -0.05) is 12.1 Å². The Kier molecular flexibility index (Phi) is 5.80. The highest BCUT2D eigenvalue weighted by Crippen LogP contribution is 2.34. The quantitative estimate of drug-likeness (QED) is 0.596. The van der Waals surface area contributed by atoms with E-state index >= 15 is 0 Å². The zero-order chi connectivity index (χ0) is 19.2. The SMILES string of the molecule is CCCN(Cc1cc(-c2cc(OC)ccc2OC)on1)C(=O)c1ccco1. The van der Waals surface area contributed by atoms with Gasteiger partial charge in [0.15, 0.2) is 11.5 Å². The Morgan fingerprint density at radius 2 is 2.04 bits per heavy atom. The van der Waals surface area contributed by atoms with E-state index in [-0.39, 0.29) is 5.91 Å². The number of rotatable bonds is 8. The van der Waals surface area contributed by atoms with Crippen LogP contribution in [0.3, 0.4) is 0 Å². The zero-order valence-electron chi connectivity index (χ0n) is 15.6. The van der Waals surface area contributed by atoms with E-state index in [0.29, 0.717) is 41.8 Å². The van der Waals surface area contributed by atoms with Crippen molar-refractivity contribution < 1.29 is 23.2 Å². The molecule has 0 bridgehead atoms. The van der Waals surface area contributed by atoms with Crippen LogP contribution in [0.2, 0.25) is 0 Å². The van der Waals surface area contributed by atoms with Gasteiger partial charge in [-0.2, -0.15) is 0 Å². The molecule has 0 saturated carbocycles. The van der Waals surface area contributed by atoms with E-state index in [2.05, 4.69) is 5.16 Å². The minimum Gasteiger partial charge on any atom is -0.497 e. The molecule has 0 aliphatic heterocycles. The molecule has 1 amide bonds. The smallest absolute Gasteiger partial charge is 0.289 e. The van der Waals surface area contributed by atoms with Crippen molar-refractivity contribution in [1.29, 1.82) is 0 Å². The molecule has 0 aliphatic carbocycles. The van der Waals surface area contributed by atoms with Gasteiger partial charge in [0, 0.05) is 12.6 Å². The maximum Gasteiger partial charge on any atom is 0.289 e. The lowest BCUT2D eigenvalue weighted by Crippen LogP contribution is -2.31. The molecule has 3 rings (SSSR count). The molecule has 7 heteroatoms. The average molecular weight is 370 g/mol. The van der Waals surface area contributed by atoms with Crippen molar-refractivity contribution in [2.75, 3.05) is 20.8 Å². The lowest BCUT2D eigenvalue weighted by molar-refractivity contribution is 0.0707. The number of aromatic nitrogens is 1. The van der Waals surface area contributed by atoms with Crippen molar-refractivity contribution in [3.63, 3.8) is 0 Å². The first kappa shape index (κ1) is 18.6. The Hall–Kier alpha value is -3.22.